The number of aromatic nitrogens is 2. The Morgan fingerprint density at radius 1 is 0.947 bits per heavy atom. The molecule has 1 aromatic heterocycles. The van der Waals surface area contributed by atoms with E-state index in [-0.39, 0.29) is 0 Å². The number of hydrogen-bond acceptors (Lipinski definition) is 1. The van der Waals surface area contributed by atoms with E-state index in [9.17, 15) is 0 Å². The highest BCUT2D eigenvalue weighted by Crippen LogP contribution is 2.25. The van der Waals surface area contributed by atoms with E-state index in [0.717, 1.165) is 17.9 Å². The molecule has 3 aromatic rings. The van der Waals surface area contributed by atoms with E-state index < -0.39 is 0 Å². The van der Waals surface area contributed by atoms with Crippen LogP contribution in [-0.2, 0) is 6.54 Å². The predicted octanol–water partition coefficient (Wildman–Crippen LogP) is 4.36. The minimum Gasteiger partial charge on any atom is -0.324 e. The summed E-state index contributed by atoms with van der Waals surface area (Å²) in [6.45, 7) is 5.47. The molecule has 0 N–H and O–H groups in total. The fourth-order valence-corrected chi connectivity index (χ4v) is 2.43. The van der Waals surface area contributed by atoms with E-state index in [1.807, 2.05) is 12.1 Å². The van der Waals surface area contributed by atoms with Crippen molar-refractivity contribution in [2.24, 2.45) is 5.92 Å². The number of fused-ring (bicyclic) bond motifs is 1. The standard InChI is InChI=1S/C17H18N2/c1-13(2)12-19-16-11-7-6-10-15(16)18-17(19)14-8-4-3-5-9-14/h3-11,13H,12H2,1-2H3. The van der Waals surface area contributed by atoms with E-state index in [4.69, 9.17) is 4.98 Å². The molecule has 0 atom stereocenters. The normalized spacial score (nSPS) is 11.3. The monoisotopic (exact) mass is 250 g/mol. The molecular formula is C17H18N2. The third-order valence-corrected chi connectivity index (χ3v) is 3.23. The first-order valence-electron chi connectivity index (χ1n) is 6.76. The van der Waals surface area contributed by atoms with Crippen LogP contribution in [0.1, 0.15) is 13.8 Å². The molecule has 0 saturated heterocycles. The molecule has 1 heterocycles. The lowest BCUT2D eigenvalue weighted by Crippen LogP contribution is -2.06. The third-order valence-electron chi connectivity index (χ3n) is 3.23. The zero-order valence-electron chi connectivity index (χ0n) is 11.4. The average molecular weight is 250 g/mol. The molecule has 2 nitrogen and oxygen atoms in total. The number of para-hydroxylation sites is 2. The molecule has 0 spiro atoms. The summed E-state index contributed by atoms with van der Waals surface area (Å²) in [4.78, 5) is 4.80. The highest BCUT2D eigenvalue weighted by molar-refractivity contribution is 5.80. The number of imidazole rings is 1. The first kappa shape index (κ1) is 12.0. The molecule has 0 unspecified atom stereocenters. The van der Waals surface area contributed by atoms with Gasteiger partial charge < -0.3 is 4.57 Å². The Morgan fingerprint density at radius 3 is 2.37 bits per heavy atom. The smallest absolute Gasteiger partial charge is 0.141 e. The van der Waals surface area contributed by atoms with Crippen LogP contribution < -0.4 is 0 Å². The maximum absolute atomic E-state index is 4.80. The maximum atomic E-state index is 4.80. The molecule has 0 aliphatic rings. The van der Waals surface area contributed by atoms with Crippen LogP contribution in [-0.4, -0.2) is 9.55 Å². The Bertz CT molecular complexity index is 681. The molecule has 3 rings (SSSR count). The molecule has 96 valence electrons. The number of benzene rings is 2. The van der Waals surface area contributed by atoms with Gasteiger partial charge in [-0.2, -0.15) is 0 Å². The Hall–Kier alpha value is -2.09. The van der Waals surface area contributed by atoms with Crippen LogP contribution in [0.4, 0.5) is 0 Å². The number of hydrogen-bond donors (Lipinski definition) is 0. The van der Waals surface area contributed by atoms with E-state index in [1.54, 1.807) is 0 Å². The lowest BCUT2D eigenvalue weighted by atomic mass is 10.2. The summed E-state index contributed by atoms with van der Waals surface area (Å²) < 4.78 is 2.33. The van der Waals surface area contributed by atoms with Crippen molar-refractivity contribution in [3.63, 3.8) is 0 Å². The van der Waals surface area contributed by atoms with Gasteiger partial charge in [0, 0.05) is 12.1 Å². The molecule has 0 radical (unpaired) electrons. The van der Waals surface area contributed by atoms with E-state index in [1.165, 1.54) is 11.1 Å². The Balaban J connectivity index is 2.23. The van der Waals surface area contributed by atoms with Crippen LogP contribution in [0, 0.1) is 5.92 Å². The Labute approximate surface area is 113 Å². The molecule has 2 heteroatoms. The minimum atomic E-state index is 0.597. The van der Waals surface area contributed by atoms with Crippen LogP contribution in [0.5, 0.6) is 0 Å². The van der Waals surface area contributed by atoms with Gasteiger partial charge in [0.15, 0.2) is 0 Å². The van der Waals surface area contributed by atoms with E-state index in [2.05, 4.69) is 60.9 Å². The first-order valence-corrected chi connectivity index (χ1v) is 6.76. The molecule has 0 aliphatic heterocycles. The summed E-state index contributed by atoms with van der Waals surface area (Å²) in [5.41, 5.74) is 3.47. The van der Waals surface area contributed by atoms with Crippen LogP contribution in [0.2, 0.25) is 0 Å². The van der Waals surface area contributed by atoms with Gasteiger partial charge in [-0.3, -0.25) is 0 Å². The largest absolute Gasteiger partial charge is 0.324 e. The summed E-state index contributed by atoms with van der Waals surface area (Å²) in [6.07, 6.45) is 0. The molecule has 0 aliphatic carbocycles. The third kappa shape index (κ3) is 2.26. The molecule has 0 saturated carbocycles. The van der Waals surface area contributed by atoms with Gasteiger partial charge in [-0.15, -0.1) is 0 Å². The van der Waals surface area contributed by atoms with Gasteiger partial charge >= 0.3 is 0 Å². The summed E-state index contributed by atoms with van der Waals surface area (Å²) in [5.74, 6) is 1.66. The molecule has 0 amide bonds. The van der Waals surface area contributed by atoms with Gasteiger partial charge in [0.25, 0.3) is 0 Å². The minimum absolute atomic E-state index is 0.597. The van der Waals surface area contributed by atoms with Crippen molar-refractivity contribution in [3.8, 4) is 11.4 Å². The van der Waals surface area contributed by atoms with Gasteiger partial charge in [0.2, 0.25) is 0 Å². The van der Waals surface area contributed by atoms with Crippen molar-refractivity contribution in [2.75, 3.05) is 0 Å². The van der Waals surface area contributed by atoms with Crippen molar-refractivity contribution < 1.29 is 0 Å². The second-order valence-electron chi connectivity index (χ2n) is 5.29. The SMILES string of the molecule is CC(C)Cn1c(-c2ccccc2)nc2ccccc21. The van der Waals surface area contributed by atoms with Crippen LogP contribution >= 0.6 is 0 Å². The molecule has 2 aromatic carbocycles. The lowest BCUT2D eigenvalue weighted by molar-refractivity contribution is 0.536. The summed E-state index contributed by atoms with van der Waals surface area (Å²) in [5, 5.41) is 0. The van der Waals surface area contributed by atoms with Gasteiger partial charge in [-0.05, 0) is 18.1 Å². The van der Waals surface area contributed by atoms with E-state index in [0.29, 0.717) is 5.92 Å². The van der Waals surface area contributed by atoms with Gasteiger partial charge in [-0.25, -0.2) is 4.98 Å². The second-order valence-corrected chi connectivity index (χ2v) is 5.29. The second kappa shape index (κ2) is 4.88. The Kier molecular flexibility index (Phi) is 3.08. The lowest BCUT2D eigenvalue weighted by Gasteiger charge is -2.11. The molecular weight excluding hydrogens is 232 g/mol. The van der Waals surface area contributed by atoms with Crippen molar-refractivity contribution in [3.05, 3.63) is 54.6 Å². The van der Waals surface area contributed by atoms with Crippen LogP contribution in [0.3, 0.4) is 0 Å². The van der Waals surface area contributed by atoms with Gasteiger partial charge in [0.1, 0.15) is 5.82 Å². The van der Waals surface area contributed by atoms with E-state index >= 15 is 0 Å². The first-order chi connectivity index (χ1) is 9.25. The summed E-state index contributed by atoms with van der Waals surface area (Å²) >= 11 is 0. The summed E-state index contributed by atoms with van der Waals surface area (Å²) in [7, 11) is 0. The molecule has 19 heavy (non-hydrogen) atoms. The highest BCUT2D eigenvalue weighted by Gasteiger charge is 2.12. The van der Waals surface area contributed by atoms with Crippen molar-refractivity contribution in [2.45, 2.75) is 20.4 Å². The Morgan fingerprint density at radius 2 is 1.63 bits per heavy atom. The maximum Gasteiger partial charge on any atom is 0.141 e. The zero-order chi connectivity index (χ0) is 13.2. The highest BCUT2D eigenvalue weighted by atomic mass is 15.1. The van der Waals surface area contributed by atoms with Crippen LogP contribution in [0.25, 0.3) is 22.4 Å². The van der Waals surface area contributed by atoms with Crippen molar-refractivity contribution in [1.29, 1.82) is 0 Å². The van der Waals surface area contributed by atoms with Crippen LogP contribution in [0.15, 0.2) is 54.6 Å². The molecule has 0 bridgehead atoms. The topological polar surface area (TPSA) is 17.8 Å². The fourth-order valence-electron chi connectivity index (χ4n) is 2.43. The van der Waals surface area contributed by atoms with Crippen molar-refractivity contribution >= 4 is 11.0 Å². The molecule has 0 fully saturated rings. The average Bonchev–Trinajstić information content (AvgIpc) is 2.78. The van der Waals surface area contributed by atoms with Crippen molar-refractivity contribution in [1.82, 2.24) is 9.55 Å². The number of nitrogens with zero attached hydrogens (tertiary/aromatic N) is 2. The zero-order valence-corrected chi connectivity index (χ0v) is 11.4. The predicted molar refractivity (Wildman–Crippen MR) is 80.0 cm³/mol. The quantitative estimate of drug-likeness (QED) is 0.675. The summed E-state index contributed by atoms with van der Waals surface area (Å²) in [6, 6.07) is 18.8. The number of rotatable bonds is 3. The van der Waals surface area contributed by atoms with Gasteiger partial charge in [0.05, 0.1) is 11.0 Å². The van der Waals surface area contributed by atoms with Gasteiger partial charge in [-0.1, -0.05) is 56.3 Å². The fraction of sp³-hybridized carbons (Fsp3) is 0.235.